The van der Waals surface area contributed by atoms with E-state index in [0.29, 0.717) is 19.4 Å². The second-order valence-corrected chi connectivity index (χ2v) is 5.82. The van der Waals surface area contributed by atoms with Crippen LogP contribution in [0.2, 0.25) is 0 Å². The van der Waals surface area contributed by atoms with Crippen molar-refractivity contribution in [3.05, 3.63) is 12.2 Å². The Morgan fingerprint density at radius 3 is 3.05 bits per heavy atom. The van der Waals surface area contributed by atoms with Gasteiger partial charge in [-0.1, -0.05) is 0 Å². The highest BCUT2D eigenvalue weighted by atomic mass is 16.5. The summed E-state index contributed by atoms with van der Waals surface area (Å²) in [6.07, 6.45) is 2.70. The Balaban J connectivity index is 1.97. The summed E-state index contributed by atoms with van der Waals surface area (Å²) in [5.41, 5.74) is -0.808. The standard InChI is InChI=1S/C13H24N4O2/c1-10(2)17-12(15-9-16-17)7-13(3,18)6-11-8-19-5-4-14-11/h9-11,14,18H,4-8H2,1-3H3. The van der Waals surface area contributed by atoms with E-state index in [-0.39, 0.29) is 12.1 Å². The second-order valence-electron chi connectivity index (χ2n) is 5.82. The minimum atomic E-state index is -0.808. The Labute approximate surface area is 114 Å². The summed E-state index contributed by atoms with van der Waals surface area (Å²) in [7, 11) is 0. The zero-order valence-corrected chi connectivity index (χ0v) is 12.0. The molecule has 6 nitrogen and oxygen atoms in total. The average molecular weight is 268 g/mol. The summed E-state index contributed by atoms with van der Waals surface area (Å²) in [5, 5.41) is 18.1. The Morgan fingerprint density at radius 2 is 2.42 bits per heavy atom. The zero-order valence-electron chi connectivity index (χ0n) is 12.0. The molecule has 19 heavy (non-hydrogen) atoms. The van der Waals surface area contributed by atoms with Gasteiger partial charge in [0.25, 0.3) is 0 Å². The van der Waals surface area contributed by atoms with Crippen LogP contribution in [0.3, 0.4) is 0 Å². The van der Waals surface area contributed by atoms with Crippen LogP contribution in [0.25, 0.3) is 0 Å². The summed E-state index contributed by atoms with van der Waals surface area (Å²) in [6.45, 7) is 8.23. The van der Waals surface area contributed by atoms with Crippen LogP contribution in [0.5, 0.6) is 0 Å². The number of rotatable bonds is 5. The molecule has 2 N–H and O–H groups in total. The van der Waals surface area contributed by atoms with Gasteiger partial charge < -0.3 is 15.2 Å². The number of nitrogens with zero attached hydrogens (tertiary/aromatic N) is 3. The number of aliphatic hydroxyl groups is 1. The van der Waals surface area contributed by atoms with Gasteiger partial charge in [0.1, 0.15) is 12.2 Å². The maximum absolute atomic E-state index is 10.6. The molecule has 0 aliphatic carbocycles. The molecule has 0 saturated carbocycles. The van der Waals surface area contributed by atoms with Crippen molar-refractivity contribution in [1.82, 2.24) is 20.1 Å². The lowest BCUT2D eigenvalue weighted by atomic mass is 9.93. The van der Waals surface area contributed by atoms with Gasteiger partial charge >= 0.3 is 0 Å². The fraction of sp³-hybridized carbons (Fsp3) is 0.846. The lowest BCUT2D eigenvalue weighted by molar-refractivity contribution is 0.00466. The minimum Gasteiger partial charge on any atom is -0.390 e. The number of aromatic nitrogens is 3. The molecule has 1 fully saturated rings. The van der Waals surface area contributed by atoms with E-state index in [1.54, 1.807) is 6.33 Å². The molecule has 1 aromatic heterocycles. The van der Waals surface area contributed by atoms with Crippen LogP contribution in [0.15, 0.2) is 6.33 Å². The van der Waals surface area contributed by atoms with Crippen LogP contribution >= 0.6 is 0 Å². The quantitative estimate of drug-likeness (QED) is 0.815. The van der Waals surface area contributed by atoms with Crippen molar-refractivity contribution in [1.29, 1.82) is 0 Å². The van der Waals surface area contributed by atoms with Gasteiger partial charge in [0.05, 0.1) is 18.8 Å². The van der Waals surface area contributed by atoms with Crippen molar-refractivity contribution in [2.75, 3.05) is 19.8 Å². The van der Waals surface area contributed by atoms with E-state index in [4.69, 9.17) is 4.74 Å². The van der Waals surface area contributed by atoms with Gasteiger partial charge in [-0.3, -0.25) is 0 Å². The van der Waals surface area contributed by atoms with E-state index < -0.39 is 5.60 Å². The predicted molar refractivity (Wildman–Crippen MR) is 72.0 cm³/mol. The smallest absolute Gasteiger partial charge is 0.138 e. The zero-order chi connectivity index (χ0) is 13.9. The molecular formula is C13H24N4O2. The summed E-state index contributed by atoms with van der Waals surface area (Å²) >= 11 is 0. The van der Waals surface area contributed by atoms with Crippen LogP contribution in [-0.4, -0.2) is 51.3 Å². The number of ether oxygens (including phenoxy) is 1. The highest BCUT2D eigenvalue weighted by Gasteiger charge is 2.29. The third kappa shape index (κ3) is 3.99. The fourth-order valence-corrected chi connectivity index (χ4v) is 2.53. The minimum absolute atomic E-state index is 0.208. The van der Waals surface area contributed by atoms with Crippen molar-refractivity contribution in [3.8, 4) is 0 Å². The summed E-state index contributed by atoms with van der Waals surface area (Å²) < 4.78 is 7.28. The number of hydrogen-bond acceptors (Lipinski definition) is 5. The molecule has 6 heteroatoms. The van der Waals surface area contributed by atoms with Gasteiger partial charge in [-0.05, 0) is 27.2 Å². The van der Waals surface area contributed by atoms with Crippen LogP contribution in [0.1, 0.15) is 39.1 Å². The maximum atomic E-state index is 10.6. The Morgan fingerprint density at radius 1 is 1.63 bits per heavy atom. The van der Waals surface area contributed by atoms with Crippen molar-refractivity contribution in [3.63, 3.8) is 0 Å². The van der Waals surface area contributed by atoms with E-state index in [2.05, 4.69) is 29.2 Å². The normalized spacial score (nSPS) is 23.5. The highest BCUT2D eigenvalue weighted by Crippen LogP contribution is 2.20. The first-order valence-electron chi connectivity index (χ1n) is 6.90. The molecule has 0 radical (unpaired) electrons. The van der Waals surface area contributed by atoms with Gasteiger partial charge in [-0.2, -0.15) is 5.10 Å². The molecule has 2 unspecified atom stereocenters. The third-order valence-corrected chi connectivity index (χ3v) is 3.36. The molecule has 0 aromatic carbocycles. The first-order valence-corrected chi connectivity index (χ1v) is 6.90. The van der Waals surface area contributed by atoms with Crippen LogP contribution < -0.4 is 5.32 Å². The fourth-order valence-electron chi connectivity index (χ4n) is 2.53. The van der Waals surface area contributed by atoms with Crippen molar-refractivity contribution in [2.24, 2.45) is 0 Å². The van der Waals surface area contributed by atoms with Crippen molar-refractivity contribution < 1.29 is 9.84 Å². The van der Waals surface area contributed by atoms with Crippen LogP contribution in [0.4, 0.5) is 0 Å². The Kier molecular flexibility index (Phi) is 4.54. The molecule has 0 spiro atoms. The average Bonchev–Trinajstić information content (AvgIpc) is 2.77. The molecule has 1 aliphatic rings. The topological polar surface area (TPSA) is 72.2 Å². The molecule has 1 aromatic rings. The van der Waals surface area contributed by atoms with Gasteiger partial charge in [0.2, 0.25) is 0 Å². The van der Waals surface area contributed by atoms with Crippen molar-refractivity contribution in [2.45, 2.75) is 51.3 Å². The van der Waals surface area contributed by atoms with E-state index in [1.165, 1.54) is 0 Å². The molecule has 0 amide bonds. The number of nitrogens with one attached hydrogen (secondary N) is 1. The largest absolute Gasteiger partial charge is 0.390 e. The van der Waals surface area contributed by atoms with E-state index in [9.17, 15) is 5.11 Å². The number of morpholine rings is 1. The summed E-state index contributed by atoms with van der Waals surface area (Å²) in [5.74, 6) is 0.830. The molecule has 2 atom stereocenters. The van der Waals surface area contributed by atoms with Gasteiger partial charge in [0.15, 0.2) is 0 Å². The molecular weight excluding hydrogens is 244 g/mol. The highest BCUT2D eigenvalue weighted by molar-refractivity contribution is 4.95. The Bertz CT molecular complexity index is 397. The van der Waals surface area contributed by atoms with Gasteiger partial charge in [-0.25, -0.2) is 9.67 Å². The first-order chi connectivity index (χ1) is 8.98. The van der Waals surface area contributed by atoms with E-state index in [1.807, 2.05) is 11.6 Å². The molecule has 2 heterocycles. The monoisotopic (exact) mass is 268 g/mol. The third-order valence-electron chi connectivity index (χ3n) is 3.36. The number of hydrogen-bond donors (Lipinski definition) is 2. The molecule has 2 rings (SSSR count). The molecule has 1 saturated heterocycles. The summed E-state index contributed by atoms with van der Waals surface area (Å²) in [4.78, 5) is 4.26. The lowest BCUT2D eigenvalue weighted by Crippen LogP contribution is -2.46. The van der Waals surface area contributed by atoms with Gasteiger partial charge in [-0.15, -0.1) is 0 Å². The van der Waals surface area contributed by atoms with Crippen molar-refractivity contribution >= 4 is 0 Å². The van der Waals surface area contributed by atoms with E-state index >= 15 is 0 Å². The molecule has 0 bridgehead atoms. The Hall–Kier alpha value is -0.980. The maximum Gasteiger partial charge on any atom is 0.138 e. The summed E-state index contributed by atoms with van der Waals surface area (Å²) in [6, 6.07) is 0.462. The van der Waals surface area contributed by atoms with Crippen LogP contribution in [0, 0.1) is 0 Å². The lowest BCUT2D eigenvalue weighted by Gasteiger charge is -2.31. The molecule has 108 valence electrons. The first kappa shape index (κ1) is 14.4. The second kappa shape index (κ2) is 5.98. The van der Waals surface area contributed by atoms with E-state index in [0.717, 1.165) is 19.0 Å². The predicted octanol–water partition coefficient (Wildman–Crippen LogP) is 0.531. The van der Waals surface area contributed by atoms with Gasteiger partial charge in [0, 0.05) is 25.0 Å². The SMILES string of the molecule is CC(C)n1ncnc1CC(C)(O)CC1COCCN1. The van der Waals surface area contributed by atoms with Crippen LogP contribution in [-0.2, 0) is 11.2 Å². The molecule has 1 aliphatic heterocycles.